The normalized spacial score (nSPS) is 12.0. The van der Waals surface area contributed by atoms with E-state index in [1.54, 1.807) is 25.2 Å². The van der Waals surface area contributed by atoms with Gasteiger partial charge in [-0.1, -0.05) is 17.3 Å². The third kappa shape index (κ3) is 3.68. The molecule has 0 saturated carbocycles. The van der Waals surface area contributed by atoms with E-state index in [1.807, 2.05) is 6.92 Å². The Labute approximate surface area is 143 Å². The molecule has 3 aromatic rings. The summed E-state index contributed by atoms with van der Waals surface area (Å²) in [5.74, 6) is -0.553. The predicted octanol–water partition coefficient (Wildman–Crippen LogP) is 3.21. The zero-order chi connectivity index (χ0) is 17.8. The maximum Gasteiger partial charge on any atom is 0.276 e. The first-order valence-corrected chi connectivity index (χ1v) is 7.55. The molecule has 2 aromatic heterocycles. The van der Waals surface area contributed by atoms with Gasteiger partial charge in [0.05, 0.1) is 6.04 Å². The number of nitrogens with zero attached hydrogens (tertiary/aromatic N) is 3. The summed E-state index contributed by atoms with van der Waals surface area (Å²) in [7, 11) is 1.63. The van der Waals surface area contributed by atoms with Crippen molar-refractivity contribution < 1.29 is 22.9 Å². The van der Waals surface area contributed by atoms with Crippen LogP contribution in [0.15, 0.2) is 51.8 Å². The van der Waals surface area contributed by atoms with E-state index in [2.05, 4.69) is 10.1 Å². The minimum Gasteiger partial charge on any atom is -0.481 e. The highest BCUT2D eigenvalue weighted by Crippen LogP contribution is 2.20. The summed E-state index contributed by atoms with van der Waals surface area (Å²) in [6.45, 7) is 1.73. The van der Waals surface area contributed by atoms with Crippen molar-refractivity contribution in [1.29, 1.82) is 0 Å². The molecular weight excluding hydrogens is 329 g/mol. The lowest BCUT2D eigenvalue weighted by Crippen LogP contribution is -2.30. The predicted molar refractivity (Wildman–Crippen MR) is 84.2 cm³/mol. The first kappa shape index (κ1) is 16.7. The van der Waals surface area contributed by atoms with Crippen LogP contribution in [0.3, 0.4) is 0 Å². The molecule has 1 aromatic carbocycles. The molecule has 0 aliphatic carbocycles. The number of carbonyl (C=O) groups excluding carboxylic acids is 1. The molecule has 0 aliphatic heterocycles. The number of ether oxygens (including phenoxy) is 1. The lowest BCUT2D eigenvalue weighted by molar-refractivity contribution is 0.0731. The highest BCUT2D eigenvalue weighted by Gasteiger charge is 2.23. The number of amides is 1. The molecule has 1 amide bonds. The molecule has 0 aliphatic rings. The van der Waals surface area contributed by atoms with Crippen molar-refractivity contribution in [3.63, 3.8) is 0 Å². The Balaban J connectivity index is 1.64. The van der Waals surface area contributed by atoms with Gasteiger partial charge in [-0.15, -0.1) is 0 Å². The van der Waals surface area contributed by atoms with Gasteiger partial charge in [-0.05, 0) is 19.1 Å². The molecule has 0 fully saturated rings. The Hall–Kier alpha value is -3.16. The molecule has 2 heterocycles. The van der Waals surface area contributed by atoms with Gasteiger partial charge in [0.15, 0.2) is 23.9 Å². The number of aromatic nitrogens is 2. The van der Waals surface area contributed by atoms with Crippen molar-refractivity contribution in [1.82, 2.24) is 15.0 Å². The van der Waals surface area contributed by atoms with Gasteiger partial charge in [-0.2, -0.15) is 0 Å². The Morgan fingerprint density at radius 1 is 1.36 bits per heavy atom. The summed E-state index contributed by atoms with van der Waals surface area (Å²) in [4.78, 5) is 18.0. The van der Waals surface area contributed by atoms with E-state index in [0.29, 0.717) is 5.69 Å². The van der Waals surface area contributed by atoms with Crippen LogP contribution < -0.4 is 4.74 Å². The molecule has 3 rings (SSSR count). The van der Waals surface area contributed by atoms with E-state index in [4.69, 9.17) is 13.7 Å². The monoisotopic (exact) mass is 345 g/mol. The first-order chi connectivity index (χ1) is 12.1. The lowest BCUT2D eigenvalue weighted by atomic mass is 10.2. The van der Waals surface area contributed by atoms with Gasteiger partial charge in [0.1, 0.15) is 18.2 Å². The van der Waals surface area contributed by atoms with E-state index in [1.165, 1.54) is 29.6 Å². The van der Waals surface area contributed by atoms with Crippen LogP contribution in [-0.2, 0) is 6.61 Å². The minimum atomic E-state index is -0.480. The standard InChI is InChI=1S/C17H16FN3O4/c1-11(13-7-8-25-20-13)21(2)17(22)14-9-24-16(19-14)10-23-15-6-4-3-5-12(15)18/h3-9,11H,10H2,1-2H3/t11-/m0/s1. The van der Waals surface area contributed by atoms with Crippen LogP contribution in [0, 0.1) is 5.82 Å². The van der Waals surface area contributed by atoms with Crippen LogP contribution in [0.4, 0.5) is 4.39 Å². The van der Waals surface area contributed by atoms with Crippen LogP contribution in [0.2, 0.25) is 0 Å². The van der Waals surface area contributed by atoms with Crippen LogP contribution in [0.1, 0.15) is 35.0 Å². The second kappa shape index (κ2) is 7.16. The second-order valence-corrected chi connectivity index (χ2v) is 5.36. The molecule has 0 unspecified atom stereocenters. The summed E-state index contributed by atoms with van der Waals surface area (Å²) in [5.41, 5.74) is 0.757. The summed E-state index contributed by atoms with van der Waals surface area (Å²) in [6.07, 6.45) is 2.69. The van der Waals surface area contributed by atoms with Crippen LogP contribution in [0.25, 0.3) is 0 Å². The summed E-state index contributed by atoms with van der Waals surface area (Å²) >= 11 is 0. The van der Waals surface area contributed by atoms with Crippen molar-refractivity contribution in [2.45, 2.75) is 19.6 Å². The van der Waals surface area contributed by atoms with Gasteiger partial charge in [0, 0.05) is 13.1 Å². The van der Waals surface area contributed by atoms with E-state index in [9.17, 15) is 9.18 Å². The SMILES string of the molecule is C[C@@H](c1ccon1)N(C)C(=O)c1coc(COc2ccccc2F)n1. The van der Waals surface area contributed by atoms with E-state index in [0.717, 1.165) is 0 Å². The quantitative estimate of drug-likeness (QED) is 0.682. The van der Waals surface area contributed by atoms with Crippen molar-refractivity contribution in [2.75, 3.05) is 7.05 Å². The fourth-order valence-corrected chi connectivity index (χ4v) is 2.17. The van der Waals surface area contributed by atoms with Crippen molar-refractivity contribution >= 4 is 5.91 Å². The molecule has 0 radical (unpaired) electrons. The number of para-hydroxylation sites is 1. The second-order valence-electron chi connectivity index (χ2n) is 5.36. The fraction of sp³-hybridized carbons (Fsp3) is 0.235. The maximum atomic E-state index is 13.5. The Morgan fingerprint density at radius 3 is 2.88 bits per heavy atom. The van der Waals surface area contributed by atoms with Crippen molar-refractivity contribution in [3.05, 3.63) is 66.0 Å². The summed E-state index contributed by atoms with van der Waals surface area (Å²) in [6, 6.07) is 7.41. The third-order valence-corrected chi connectivity index (χ3v) is 3.75. The fourth-order valence-electron chi connectivity index (χ4n) is 2.17. The van der Waals surface area contributed by atoms with E-state index < -0.39 is 5.82 Å². The number of hydrogen-bond donors (Lipinski definition) is 0. The van der Waals surface area contributed by atoms with Gasteiger partial charge >= 0.3 is 0 Å². The van der Waals surface area contributed by atoms with Gasteiger partial charge in [0.2, 0.25) is 5.89 Å². The van der Waals surface area contributed by atoms with Gasteiger partial charge in [-0.3, -0.25) is 4.79 Å². The first-order valence-electron chi connectivity index (χ1n) is 7.55. The largest absolute Gasteiger partial charge is 0.481 e. The van der Waals surface area contributed by atoms with Crippen LogP contribution >= 0.6 is 0 Å². The molecule has 7 nitrogen and oxygen atoms in total. The zero-order valence-corrected chi connectivity index (χ0v) is 13.7. The maximum absolute atomic E-state index is 13.5. The van der Waals surface area contributed by atoms with E-state index in [-0.39, 0.29) is 35.9 Å². The highest BCUT2D eigenvalue weighted by molar-refractivity contribution is 5.92. The molecule has 0 N–H and O–H groups in total. The van der Waals surface area contributed by atoms with Crippen LogP contribution in [0.5, 0.6) is 5.75 Å². The summed E-state index contributed by atoms with van der Waals surface area (Å²) in [5, 5.41) is 3.82. The Bertz CT molecular complexity index is 847. The molecule has 0 saturated heterocycles. The number of benzene rings is 1. The minimum absolute atomic E-state index is 0.0865. The smallest absolute Gasteiger partial charge is 0.276 e. The topological polar surface area (TPSA) is 81.6 Å². The summed E-state index contributed by atoms with van der Waals surface area (Å²) < 4.78 is 28.8. The molecular formula is C17H16FN3O4. The van der Waals surface area contributed by atoms with Gasteiger partial charge in [-0.25, -0.2) is 9.37 Å². The van der Waals surface area contributed by atoms with E-state index >= 15 is 0 Å². The Kier molecular flexibility index (Phi) is 4.78. The number of hydrogen-bond acceptors (Lipinski definition) is 6. The average molecular weight is 345 g/mol. The number of carbonyl (C=O) groups is 1. The Morgan fingerprint density at radius 2 is 2.16 bits per heavy atom. The molecule has 0 bridgehead atoms. The molecule has 8 heteroatoms. The van der Waals surface area contributed by atoms with Crippen molar-refractivity contribution in [2.24, 2.45) is 0 Å². The van der Waals surface area contributed by atoms with Gasteiger partial charge in [0.25, 0.3) is 5.91 Å². The van der Waals surface area contributed by atoms with Gasteiger partial charge < -0.3 is 18.6 Å². The number of rotatable bonds is 6. The molecule has 0 spiro atoms. The molecule has 1 atom stereocenters. The van der Waals surface area contributed by atoms with Crippen molar-refractivity contribution in [3.8, 4) is 5.75 Å². The van der Waals surface area contributed by atoms with Crippen LogP contribution in [-0.4, -0.2) is 28.0 Å². The number of halogens is 1. The molecule has 130 valence electrons. The average Bonchev–Trinajstić information content (AvgIpc) is 3.31. The lowest BCUT2D eigenvalue weighted by Gasteiger charge is -2.21. The molecule has 25 heavy (non-hydrogen) atoms. The zero-order valence-electron chi connectivity index (χ0n) is 13.7. The third-order valence-electron chi connectivity index (χ3n) is 3.75. The highest BCUT2D eigenvalue weighted by atomic mass is 19.1. The number of oxazole rings is 1.